The summed E-state index contributed by atoms with van der Waals surface area (Å²) < 4.78 is 65.3. The van der Waals surface area contributed by atoms with E-state index in [1.165, 1.54) is 23.1 Å². The first-order valence-electron chi connectivity index (χ1n) is 11.2. The molecule has 34 heavy (non-hydrogen) atoms. The largest absolute Gasteiger partial charge is 0.433 e. The van der Waals surface area contributed by atoms with E-state index < -0.39 is 24.8 Å². The second-order valence-electron chi connectivity index (χ2n) is 9.07. The minimum absolute atomic E-state index is 0.0634. The molecule has 5 rings (SSSR count). The molecule has 0 saturated carbocycles. The highest BCUT2D eigenvalue weighted by Gasteiger charge is 2.39. The molecule has 2 fully saturated rings. The number of fused-ring (bicyclic) bond motifs is 1. The van der Waals surface area contributed by atoms with Gasteiger partial charge in [0.05, 0.1) is 24.3 Å². The van der Waals surface area contributed by atoms with Crippen LogP contribution >= 0.6 is 0 Å². The van der Waals surface area contributed by atoms with Crippen LogP contribution in [-0.4, -0.2) is 57.3 Å². The number of anilines is 2. The number of pyridine rings is 1. The lowest BCUT2D eigenvalue weighted by Crippen LogP contribution is -2.50. The fraction of sp³-hybridized carbons (Fsp3) is 0.545. The van der Waals surface area contributed by atoms with Crippen molar-refractivity contribution < 1.29 is 22.0 Å². The Balaban J connectivity index is 1.28. The lowest BCUT2D eigenvalue weighted by molar-refractivity contribution is -0.141. The Hall–Kier alpha value is -3.05. The van der Waals surface area contributed by atoms with Crippen LogP contribution in [0.4, 0.5) is 33.5 Å². The molecule has 3 aromatic heterocycles. The Kier molecular flexibility index (Phi) is 5.76. The number of nitrogens with zero attached hydrogens (tertiary/aromatic N) is 7. The van der Waals surface area contributed by atoms with Crippen LogP contribution in [0.15, 0.2) is 30.7 Å². The van der Waals surface area contributed by atoms with Crippen molar-refractivity contribution in [2.45, 2.75) is 44.8 Å². The smallest absolute Gasteiger partial charge is 0.370 e. The summed E-state index contributed by atoms with van der Waals surface area (Å²) in [5.41, 5.74) is 0.699. The number of halogens is 5. The zero-order valence-electron chi connectivity index (χ0n) is 18.3. The topological polar surface area (TPSA) is 63.0 Å². The van der Waals surface area contributed by atoms with Gasteiger partial charge in [0, 0.05) is 26.2 Å². The lowest BCUT2D eigenvalue weighted by atomic mass is 9.72. The standard InChI is InChI=1S/C22H24F5N7/c23-18(24)13-34-20-16(11-30-34)28-12-19(31-20)33-7-1-4-21(14-33)5-8-32(9-6-21)15-2-3-17(29-10-15)22(25,26)27/h2-3,10-12,18H,1,4-9,13-14H2. The molecule has 2 saturated heterocycles. The van der Waals surface area contributed by atoms with Crippen LogP contribution in [-0.2, 0) is 12.7 Å². The molecule has 2 aliphatic rings. The van der Waals surface area contributed by atoms with Crippen molar-refractivity contribution >= 4 is 22.7 Å². The van der Waals surface area contributed by atoms with Crippen LogP contribution in [0.5, 0.6) is 0 Å². The van der Waals surface area contributed by atoms with Crippen molar-refractivity contribution in [1.82, 2.24) is 24.7 Å². The van der Waals surface area contributed by atoms with E-state index in [4.69, 9.17) is 0 Å². The summed E-state index contributed by atoms with van der Waals surface area (Å²) >= 11 is 0. The van der Waals surface area contributed by atoms with Crippen LogP contribution in [0.25, 0.3) is 11.2 Å². The molecule has 0 aliphatic carbocycles. The van der Waals surface area contributed by atoms with Crippen molar-refractivity contribution in [3.05, 3.63) is 36.4 Å². The second kappa shape index (κ2) is 8.62. The van der Waals surface area contributed by atoms with E-state index in [0.29, 0.717) is 22.7 Å². The number of piperidine rings is 2. The van der Waals surface area contributed by atoms with Crippen LogP contribution in [0, 0.1) is 5.41 Å². The van der Waals surface area contributed by atoms with Gasteiger partial charge in [0.1, 0.15) is 23.6 Å². The Morgan fingerprint density at radius 2 is 1.74 bits per heavy atom. The van der Waals surface area contributed by atoms with Crippen molar-refractivity contribution in [1.29, 1.82) is 0 Å². The number of hydrogen-bond donors (Lipinski definition) is 0. The molecule has 0 bridgehead atoms. The summed E-state index contributed by atoms with van der Waals surface area (Å²) in [5, 5.41) is 3.98. The normalized spacial score (nSPS) is 18.9. The van der Waals surface area contributed by atoms with E-state index in [-0.39, 0.29) is 5.41 Å². The molecule has 2 aliphatic heterocycles. The minimum atomic E-state index is -4.45. The van der Waals surface area contributed by atoms with Crippen LogP contribution < -0.4 is 9.80 Å². The quantitative estimate of drug-likeness (QED) is 0.515. The van der Waals surface area contributed by atoms with E-state index in [1.807, 2.05) is 0 Å². The molecule has 7 nitrogen and oxygen atoms in total. The molecule has 0 atom stereocenters. The molecular weight excluding hydrogens is 457 g/mol. The zero-order chi connectivity index (χ0) is 23.9. The summed E-state index contributed by atoms with van der Waals surface area (Å²) in [6.45, 7) is 2.51. The first-order chi connectivity index (χ1) is 16.2. The highest BCUT2D eigenvalue weighted by molar-refractivity contribution is 5.71. The van der Waals surface area contributed by atoms with Gasteiger partial charge in [-0.3, -0.25) is 0 Å². The van der Waals surface area contributed by atoms with Crippen LogP contribution in [0.3, 0.4) is 0 Å². The zero-order valence-corrected chi connectivity index (χ0v) is 18.3. The van der Waals surface area contributed by atoms with Gasteiger partial charge in [-0.15, -0.1) is 0 Å². The highest BCUT2D eigenvalue weighted by Crippen LogP contribution is 2.42. The first kappa shape index (κ1) is 22.7. The molecule has 0 aromatic carbocycles. The van der Waals surface area contributed by atoms with Crippen molar-refractivity contribution in [3.63, 3.8) is 0 Å². The van der Waals surface area contributed by atoms with E-state index in [1.54, 1.807) is 6.20 Å². The maximum atomic E-state index is 12.9. The van der Waals surface area contributed by atoms with Gasteiger partial charge in [-0.1, -0.05) is 0 Å². The van der Waals surface area contributed by atoms with Crippen LogP contribution in [0.2, 0.25) is 0 Å². The number of hydrogen-bond acceptors (Lipinski definition) is 6. The predicted octanol–water partition coefficient (Wildman–Crippen LogP) is 4.39. The average molecular weight is 481 g/mol. The Labute approximate surface area is 192 Å². The molecule has 3 aromatic rings. The fourth-order valence-electron chi connectivity index (χ4n) is 5.05. The van der Waals surface area contributed by atoms with Gasteiger partial charge in [0.25, 0.3) is 6.43 Å². The summed E-state index contributed by atoms with van der Waals surface area (Å²) in [6.07, 6.45) is 1.24. The minimum Gasteiger partial charge on any atom is -0.370 e. The maximum Gasteiger partial charge on any atom is 0.433 e. The molecule has 12 heteroatoms. The van der Waals surface area contributed by atoms with Gasteiger partial charge < -0.3 is 9.80 Å². The number of alkyl halides is 5. The van der Waals surface area contributed by atoms with E-state index in [9.17, 15) is 22.0 Å². The number of rotatable bonds is 4. The molecule has 0 radical (unpaired) electrons. The fourth-order valence-corrected chi connectivity index (χ4v) is 5.05. The van der Waals surface area contributed by atoms with Gasteiger partial charge in [0.15, 0.2) is 5.65 Å². The van der Waals surface area contributed by atoms with Gasteiger partial charge in [-0.2, -0.15) is 18.3 Å². The van der Waals surface area contributed by atoms with Gasteiger partial charge in [0.2, 0.25) is 0 Å². The monoisotopic (exact) mass is 481 g/mol. The van der Waals surface area contributed by atoms with E-state index in [2.05, 4.69) is 29.9 Å². The average Bonchev–Trinajstić information content (AvgIpc) is 3.20. The van der Waals surface area contributed by atoms with Crippen LogP contribution in [0.1, 0.15) is 31.4 Å². The number of aromatic nitrogens is 5. The molecule has 0 amide bonds. The predicted molar refractivity (Wildman–Crippen MR) is 116 cm³/mol. The molecule has 0 unspecified atom stereocenters. The van der Waals surface area contributed by atoms with Crippen molar-refractivity contribution in [2.75, 3.05) is 36.0 Å². The summed E-state index contributed by atoms with van der Waals surface area (Å²) in [4.78, 5) is 16.8. The van der Waals surface area contributed by atoms with Crippen molar-refractivity contribution in [2.24, 2.45) is 5.41 Å². The third-order valence-corrected chi connectivity index (χ3v) is 6.86. The molecule has 1 spiro atoms. The van der Waals surface area contributed by atoms with Gasteiger partial charge in [-0.05, 0) is 43.2 Å². The van der Waals surface area contributed by atoms with Crippen molar-refractivity contribution in [3.8, 4) is 0 Å². The summed E-state index contributed by atoms with van der Waals surface area (Å²) in [7, 11) is 0. The summed E-state index contributed by atoms with van der Waals surface area (Å²) in [5.74, 6) is 0.650. The second-order valence-corrected chi connectivity index (χ2v) is 9.07. The molecule has 182 valence electrons. The van der Waals surface area contributed by atoms with E-state index >= 15 is 0 Å². The summed E-state index contributed by atoms with van der Waals surface area (Å²) in [6, 6.07) is 2.50. The lowest BCUT2D eigenvalue weighted by Gasteiger charge is -2.48. The molecular formula is C22H24F5N7. The molecule has 5 heterocycles. The Morgan fingerprint density at radius 1 is 0.941 bits per heavy atom. The van der Waals surface area contributed by atoms with Gasteiger partial charge in [-0.25, -0.2) is 28.4 Å². The SMILES string of the molecule is FC(F)Cn1ncc2ncc(N3CCCC4(CCN(c5ccc(C(F)(F)F)nc5)CC4)C3)nc21. The third kappa shape index (κ3) is 4.49. The third-order valence-electron chi connectivity index (χ3n) is 6.86. The Morgan fingerprint density at radius 3 is 2.41 bits per heavy atom. The maximum absolute atomic E-state index is 12.9. The Bertz CT molecular complexity index is 1140. The highest BCUT2D eigenvalue weighted by atomic mass is 19.4. The van der Waals surface area contributed by atoms with E-state index in [0.717, 1.165) is 57.9 Å². The first-order valence-corrected chi connectivity index (χ1v) is 11.2. The molecule has 0 N–H and O–H groups in total. The van der Waals surface area contributed by atoms with Gasteiger partial charge >= 0.3 is 6.18 Å².